The maximum absolute atomic E-state index is 10.8. The van der Waals surface area contributed by atoms with Crippen LogP contribution in [0.4, 0.5) is 5.69 Å². The molecule has 0 spiro atoms. The largest absolute Gasteiger partial charge is 0.357 e. The molecule has 1 aromatic heterocycles. The molecule has 1 aliphatic rings. The van der Waals surface area contributed by atoms with Gasteiger partial charge >= 0.3 is 5.69 Å². The molecule has 0 N–H and O–H groups in total. The van der Waals surface area contributed by atoms with E-state index < -0.39 is 4.92 Å². The molecule has 0 saturated carbocycles. The monoisotopic (exact) mass is 236 g/mol. The molecule has 1 unspecified atom stereocenters. The average Bonchev–Trinajstić information content (AvgIpc) is 2.75. The summed E-state index contributed by atoms with van der Waals surface area (Å²) in [4.78, 5) is 10.3. The summed E-state index contributed by atoms with van der Waals surface area (Å²) in [5.74, 6) is 0. The maximum atomic E-state index is 10.8. The number of ether oxygens (including phenoxy) is 1. The number of rotatable bonds is 3. The lowest BCUT2D eigenvalue weighted by Crippen LogP contribution is -2.18. The second-order valence-corrected chi connectivity index (χ2v) is 3.85. The van der Waals surface area contributed by atoms with Crippen molar-refractivity contribution in [3.63, 3.8) is 0 Å². The zero-order chi connectivity index (χ0) is 12.3. The van der Waals surface area contributed by atoms with Crippen molar-refractivity contribution in [3.8, 4) is 6.07 Å². The summed E-state index contributed by atoms with van der Waals surface area (Å²) in [6, 6.07) is 1.87. The molecule has 17 heavy (non-hydrogen) atoms. The molecular weight excluding hydrogens is 224 g/mol. The molecular formula is C10H12N4O3. The molecule has 7 nitrogen and oxygen atoms in total. The Hall–Kier alpha value is -1.94. The molecule has 2 heterocycles. The first-order valence-electron chi connectivity index (χ1n) is 5.43. The van der Waals surface area contributed by atoms with Crippen molar-refractivity contribution in [1.29, 1.82) is 5.26 Å². The van der Waals surface area contributed by atoms with E-state index in [-0.39, 0.29) is 24.0 Å². The fourth-order valence-electron chi connectivity index (χ4n) is 1.85. The average molecular weight is 236 g/mol. The van der Waals surface area contributed by atoms with Gasteiger partial charge in [0.25, 0.3) is 0 Å². The van der Waals surface area contributed by atoms with Crippen molar-refractivity contribution in [2.24, 2.45) is 0 Å². The highest BCUT2D eigenvalue weighted by atomic mass is 16.6. The fraction of sp³-hybridized carbons (Fsp3) is 0.600. The quantitative estimate of drug-likeness (QED) is 0.586. The van der Waals surface area contributed by atoms with Gasteiger partial charge in [0, 0.05) is 6.61 Å². The van der Waals surface area contributed by atoms with Crippen LogP contribution in [0.5, 0.6) is 0 Å². The highest BCUT2D eigenvalue weighted by Crippen LogP contribution is 2.25. The first kappa shape index (κ1) is 11.5. The van der Waals surface area contributed by atoms with Gasteiger partial charge in [-0.2, -0.15) is 10.4 Å². The molecule has 1 fully saturated rings. The van der Waals surface area contributed by atoms with Crippen molar-refractivity contribution in [2.75, 3.05) is 6.61 Å². The Kier molecular flexibility index (Phi) is 3.35. The molecule has 1 saturated heterocycles. The zero-order valence-electron chi connectivity index (χ0n) is 9.20. The van der Waals surface area contributed by atoms with Crippen LogP contribution in [0, 0.1) is 21.4 Å². The van der Waals surface area contributed by atoms with Crippen LogP contribution in [0.3, 0.4) is 0 Å². The lowest BCUT2D eigenvalue weighted by molar-refractivity contribution is -0.385. The van der Waals surface area contributed by atoms with E-state index in [0.717, 1.165) is 19.3 Å². The van der Waals surface area contributed by atoms with Gasteiger partial charge in [0.2, 0.25) is 0 Å². The third-order valence-electron chi connectivity index (χ3n) is 2.68. The minimum Gasteiger partial charge on any atom is -0.357 e. The Balaban J connectivity index is 2.26. The standard InChI is InChI=1S/C10H12N4O3/c11-5-4-8-9(14(15)16)7-13(12-8)10-3-1-2-6-17-10/h7,10H,1-4,6H2. The Labute approximate surface area is 97.7 Å². The lowest BCUT2D eigenvalue weighted by atomic mass is 10.2. The molecule has 7 heteroatoms. The van der Waals surface area contributed by atoms with Gasteiger partial charge in [0.15, 0.2) is 5.69 Å². The number of hydrogen-bond donors (Lipinski definition) is 0. The highest BCUT2D eigenvalue weighted by Gasteiger charge is 2.24. The van der Waals surface area contributed by atoms with E-state index in [1.165, 1.54) is 10.9 Å². The third-order valence-corrected chi connectivity index (χ3v) is 2.68. The number of nitrogens with zero attached hydrogens (tertiary/aromatic N) is 4. The Morgan fingerprint density at radius 1 is 1.71 bits per heavy atom. The van der Waals surface area contributed by atoms with E-state index in [0.29, 0.717) is 6.61 Å². The van der Waals surface area contributed by atoms with Crippen LogP contribution in [0.15, 0.2) is 6.20 Å². The van der Waals surface area contributed by atoms with Crippen molar-refractivity contribution < 1.29 is 9.66 Å². The van der Waals surface area contributed by atoms with Gasteiger partial charge in [-0.15, -0.1) is 0 Å². The van der Waals surface area contributed by atoms with Gasteiger partial charge in [-0.3, -0.25) is 10.1 Å². The second kappa shape index (κ2) is 4.93. The van der Waals surface area contributed by atoms with Crippen molar-refractivity contribution in [2.45, 2.75) is 31.9 Å². The molecule has 1 aromatic rings. The minimum absolute atomic E-state index is 0.0595. The van der Waals surface area contributed by atoms with E-state index in [2.05, 4.69) is 5.10 Å². The molecule has 0 aliphatic carbocycles. The zero-order valence-corrected chi connectivity index (χ0v) is 9.20. The van der Waals surface area contributed by atoms with Gasteiger partial charge in [-0.1, -0.05) is 0 Å². The van der Waals surface area contributed by atoms with E-state index in [9.17, 15) is 10.1 Å². The Morgan fingerprint density at radius 3 is 3.12 bits per heavy atom. The van der Waals surface area contributed by atoms with Gasteiger partial charge in [0.1, 0.15) is 12.4 Å². The predicted octanol–water partition coefficient (Wildman–Crippen LogP) is 1.56. The summed E-state index contributed by atoms with van der Waals surface area (Å²) >= 11 is 0. The third kappa shape index (κ3) is 2.42. The molecule has 0 radical (unpaired) electrons. The van der Waals surface area contributed by atoms with Crippen LogP contribution < -0.4 is 0 Å². The first-order chi connectivity index (χ1) is 8.22. The molecule has 0 amide bonds. The summed E-state index contributed by atoms with van der Waals surface area (Å²) in [6.45, 7) is 0.645. The number of nitriles is 1. The number of aromatic nitrogens is 2. The van der Waals surface area contributed by atoms with E-state index in [4.69, 9.17) is 10.00 Å². The molecule has 2 rings (SSSR count). The first-order valence-corrected chi connectivity index (χ1v) is 5.43. The van der Waals surface area contributed by atoms with Crippen LogP contribution in [-0.2, 0) is 11.2 Å². The number of nitro groups is 1. The summed E-state index contributed by atoms with van der Waals surface area (Å²) < 4.78 is 6.95. The summed E-state index contributed by atoms with van der Waals surface area (Å²) in [5.41, 5.74) is 0.0902. The van der Waals surface area contributed by atoms with E-state index in [1.54, 1.807) is 0 Å². The normalized spacial score (nSPS) is 19.8. The van der Waals surface area contributed by atoms with Gasteiger partial charge in [0.05, 0.1) is 17.4 Å². The highest BCUT2D eigenvalue weighted by molar-refractivity contribution is 5.34. The van der Waals surface area contributed by atoms with Crippen LogP contribution in [-0.4, -0.2) is 21.3 Å². The fourth-order valence-corrected chi connectivity index (χ4v) is 1.85. The summed E-state index contributed by atoms with van der Waals surface area (Å²) in [6.07, 6.45) is 3.87. The lowest BCUT2D eigenvalue weighted by Gasteiger charge is -2.22. The molecule has 1 atom stereocenters. The predicted molar refractivity (Wildman–Crippen MR) is 57.0 cm³/mol. The molecule has 1 aliphatic heterocycles. The molecule has 0 bridgehead atoms. The van der Waals surface area contributed by atoms with E-state index >= 15 is 0 Å². The Bertz CT molecular complexity index is 457. The SMILES string of the molecule is N#CCc1nn(C2CCCCO2)cc1[N+](=O)[O-]. The Morgan fingerprint density at radius 2 is 2.53 bits per heavy atom. The van der Waals surface area contributed by atoms with Crippen LogP contribution in [0.1, 0.15) is 31.2 Å². The van der Waals surface area contributed by atoms with Crippen molar-refractivity contribution in [3.05, 3.63) is 22.0 Å². The van der Waals surface area contributed by atoms with Crippen LogP contribution >= 0.6 is 0 Å². The van der Waals surface area contributed by atoms with Gasteiger partial charge in [-0.05, 0) is 19.3 Å². The number of hydrogen-bond acceptors (Lipinski definition) is 5. The summed E-state index contributed by atoms with van der Waals surface area (Å²) in [5, 5.41) is 23.5. The van der Waals surface area contributed by atoms with Crippen LogP contribution in [0.2, 0.25) is 0 Å². The summed E-state index contributed by atoms with van der Waals surface area (Å²) in [7, 11) is 0. The van der Waals surface area contributed by atoms with Gasteiger partial charge < -0.3 is 4.74 Å². The molecule has 0 aromatic carbocycles. The van der Waals surface area contributed by atoms with Crippen LogP contribution in [0.25, 0.3) is 0 Å². The topological polar surface area (TPSA) is 94.0 Å². The molecule has 90 valence electrons. The van der Waals surface area contributed by atoms with Gasteiger partial charge in [-0.25, -0.2) is 4.68 Å². The van der Waals surface area contributed by atoms with Crippen molar-refractivity contribution in [1.82, 2.24) is 9.78 Å². The smallest absolute Gasteiger partial charge is 0.311 e. The maximum Gasteiger partial charge on any atom is 0.311 e. The van der Waals surface area contributed by atoms with Crippen molar-refractivity contribution >= 4 is 5.69 Å². The second-order valence-electron chi connectivity index (χ2n) is 3.85. The minimum atomic E-state index is -0.515. The van der Waals surface area contributed by atoms with E-state index in [1.807, 2.05) is 6.07 Å².